The first kappa shape index (κ1) is 18.0. The molecule has 1 aromatic rings. The van der Waals surface area contributed by atoms with Crippen LogP contribution in [-0.4, -0.2) is 26.1 Å². The molecule has 4 nitrogen and oxygen atoms in total. The maximum absolute atomic E-state index is 11.1. The first-order valence-electron chi connectivity index (χ1n) is 7.35. The van der Waals surface area contributed by atoms with Crippen LogP contribution in [0.25, 0.3) is 0 Å². The molecular formula is C16H25BrN2O2. The van der Waals surface area contributed by atoms with Crippen molar-refractivity contribution < 1.29 is 9.53 Å². The van der Waals surface area contributed by atoms with Crippen LogP contribution in [0.2, 0.25) is 0 Å². The van der Waals surface area contributed by atoms with Crippen molar-refractivity contribution in [1.29, 1.82) is 0 Å². The highest BCUT2D eigenvalue weighted by Gasteiger charge is 2.04. The van der Waals surface area contributed by atoms with E-state index in [1.54, 1.807) is 7.05 Å². The molecule has 1 amide bonds. The zero-order chi connectivity index (χ0) is 15.7. The van der Waals surface area contributed by atoms with Gasteiger partial charge in [-0.1, -0.05) is 19.9 Å². The lowest BCUT2D eigenvalue weighted by Crippen LogP contribution is -2.19. The predicted octanol–water partition coefficient (Wildman–Crippen LogP) is 3.10. The molecule has 0 fully saturated rings. The predicted molar refractivity (Wildman–Crippen MR) is 89.5 cm³/mol. The van der Waals surface area contributed by atoms with Crippen LogP contribution in [0.4, 0.5) is 0 Å². The Hall–Kier alpha value is -1.07. The number of halogens is 1. The number of rotatable bonds is 9. The number of hydrogen-bond donors (Lipinski definition) is 2. The van der Waals surface area contributed by atoms with Crippen molar-refractivity contribution in [2.45, 2.75) is 33.2 Å². The number of hydrogen-bond acceptors (Lipinski definition) is 3. The highest BCUT2D eigenvalue weighted by atomic mass is 79.9. The van der Waals surface area contributed by atoms with Crippen molar-refractivity contribution in [2.24, 2.45) is 5.92 Å². The maximum atomic E-state index is 11.1. The van der Waals surface area contributed by atoms with Gasteiger partial charge in [0.05, 0.1) is 11.1 Å². The summed E-state index contributed by atoms with van der Waals surface area (Å²) in [5.41, 5.74) is 1.22. The van der Waals surface area contributed by atoms with Gasteiger partial charge in [-0.2, -0.15) is 0 Å². The monoisotopic (exact) mass is 356 g/mol. The molecule has 0 aliphatic heterocycles. The van der Waals surface area contributed by atoms with Gasteiger partial charge >= 0.3 is 0 Å². The Morgan fingerprint density at radius 3 is 2.76 bits per heavy atom. The summed E-state index contributed by atoms with van der Waals surface area (Å²) in [7, 11) is 1.64. The second kappa shape index (κ2) is 9.79. The van der Waals surface area contributed by atoms with Gasteiger partial charge in [-0.3, -0.25) is 4.79 Å². The fraction of sp³-hybridized carbons (Fsp3) is 0.562. The third-order valence-electron chi connectivity index (χ3n) is 2.96. The second-order valence-corrected chi connectivity index (χ2v) is 6.27. The van der Waals surface area contributed by atoms with E-state index >= 15 is 0 Å². The summed E-state index contributed by atoms with van der Waals surface area (Å²) in [5.74, 6) is 1.51. The summed E-state index contributed by atoms with van der Waals surface area (Å²) in [6.07, 6.45) is 1.20. The van der Waals surface area contributed by atoms with Gasteiger partial charge in [0.25, 0.3) is 0 Å². The van der Waals surface area contributed by atoms with Crippen LogP contribution in [0.3, 0.4) is 0 Å². The Labute approximate surface area is 135 Å². The Morgan fingerprint density at radius 2 is 2.14 bits per heavy atom. The molecule has 0 atom stereocenters. The minimum absolute atomic E-state index is 0.0456. The lowest BCUT2D eigenvalue weighted by atomic mass is 10.2. The van der Waals surface area contributed by atoms with E-state index in [-0.39, 0.29) is 5.91 Å². The van der Waals surface area contributed by atoms with E-state index in [2.05, 4.69) is 52.5 Å². The smallest absolute Gasteiger partial charge is 0.219 e. The fourth-order valence-electron chi connectivity index (χ4n) is 1.82. The lowest BCUT2D eigenvalue weighted by molar-refractivity contribution is -0.120. The van der Waals surface area contributed by atoms with E-state index in [1.807, 2.05) is 6.07 Å². The number of ether oxygens (including phenoxy) is 1. The fourth-order valence-corrected chi connectivity index (χ4v) is 2.36. The standard InChI is InChI=1S/C16H25BrN2O2/c1-12(2)10-19-11-13-6-7-15(14(17)9-13)21-8-4-5-16(20)18-3/h6-7,9,12,19H,4-5,8,10-11H2,1-3H3,(H,18,20). The zero-order valence-corrected chi connectivity index (χ0v) is 14.6. The molecule has 118 valence electrons. The Morgan fingerprint density at radius 1 is 1.38 bits per heavy atom. The van der Waals surface area contributed by atoms with Crippen LogP contribution in [0.1, 0.15) is 32.3 Å². The number of nitrogens with one attached hydrogen (secondary N) is 2. The normalized spacial score (nSPS) is 10.7. The Bertz CT molecular complexity index is 450. The molecule has 0 heterocycles. The molecule has 0 saturated heterocycles. The molecule has 0 aliphatic rings. The molecular weight excluding hydrogens is 332 g/mol. The van der Waals surface area contributed by atoms with Gasteiger partial charge in [0, 0.05) is 20.0 Å². The van der Waals surface area contributed by atoms with E-state index in [0.717, 1.165) is 23.3 Å². The van der Waals surface area contributed by atoms with Crippen LogP contribution < -0.4 is 15.4 Å². The third kappa shape index (κ3) is 7.48. The van der Waals surface area contributed by atoms with Gasteiger partial charge in [0.15, 0.2) is 0 Å². The van der Waals surface area contributed by atoms with Crippen molar-refractivity contribution in [1.82, 2.24) is 10.6 Å². The van der Waals surface area contributed by atoms with Gasteiger partial charge in [-0.25, -0.2) is 0 Å². The van der Waals surface area contributed by atoms with Gasteiger partial charge in [0.2, 0.25) is 5.91 Å². The van der Waals surface area contributed by atoms with Gasteiger partial charge < -0.3 is 15.4 Å². The van der Waals surface area contributed by atoms with E-state index in [9.17, 15) is 4.79 Å². The molecule has 0 radical (unpaired) electrons. The molecule has 0 aromatic heterocycles. The Kier molecular flexibility index (Phi) is 8.38. The van der Waals surface area contributed by atoms with Crippen LogP contribution in [0.15, 0.2) is 22.7 Å². The number of carbonyl (C=O) groups excluding carboxylic acids is 1. The highest BCUT2D eigenvalue weighted by Crippen LogP contribution is 2.26. The van der Waals surface area contributed by atoms with Gasteiger partial charge in [0.1, 0.15) is 5.75 Å². The Balaban J connectivity index is 2.37. The number of benzene rings is 1. The topological polar surface area (TPSA) is 50.4 Å². The summed E-state index contributed by atoms with van der Waals surface area (Å²) >= 11 is 3.53. The van der Waals surface area contributed by atoms with Crippen molar-refractivity contribution in [3.63, 3.8) is 0 Å². The molecule has 0 saturated carbocycles. The highest BCUT2D eigenvalue weighted by molar-refractivity contribution is 9.10. The molecule has 0 bridgehead atoms. The van der Waals surface area contributed by atoms with E-state index in [4.69, 9.17) is 4.74 Å². The molecule has 21 heavy (non-hydrogen) atoms. The summed E-state index contributed by atoms with van der Waals surface area (Å²) < 4.78 is 6.63. The van der Waals surface area contributed by atoms with Gasteiger partial charge in [-0.15, -0.1) is 0 Å². The average Bonchev–Trinajstić information content (AvgIpc) is 2.44. The van der Waals surface area contributed by atoms with Crippen LogP contribution >= 0.6 is 15.9 Å². The largest absolute Gasteiger partial charge is 0.492 e. The van der Waals surface area contributed by atoms with E-state index < -0.39 is 0 Å². The van der Waals surface area contributed by atoms with Crippen molar-refractivity contribution in [3.8, 4) is 5.75 Å². The first-order chi connectivity index (χ1) is 10.0. The molecule has 1 aromatic carbocycles. The zero-order valence-electron chi connectivity index (χ0n) is 13.0. The number of amides is 1. The summed E-state index contributed by atoms with van der Waals surface area (Å²) in [6.45, 7) is 6.79. The van der Waals surface area contributed by atoms with Crippen LogP contribution in [0.5, 0.6) is 5.75 Å². The third-order valence-corrected chi connectivity index (χ3v) is 3.58. The minimum Gasteiger partial charge on any atom is -0.492 e. The van der Waals surface area contributed by atoms with Crippen molar-refractivity contribution in [2.75, 3.05) is 20.2 Å². The van der Waals surface area contributed by atoms with E-state index in [0.29, 0.717) is 25.4 Å². The number of carbonyl (C=O) groups is 1. The molecule has 0 aliphatic carbocycles. The molecule has 0 unspecified atom stereocenters. The first-order valence-corrected chi connectivity index (χ1v) is 8.14. The van der Waals surface area contributed by atoms with Gasteiger partial charge in [-0.05, 0) is 52.5 Å². The van der Waals surface area contributed by atoms with Crippen LogP contribution in [-0.2, 0) is 11.3 Å². The SMILES string of the molecule is CNC(=O)CCCOc1ccc(CNCC(C)C)cc1Br. The molecule has 0 spiro atoms. The molecule has 1 rings (SSSR count). The molecule has 2 N–H and O–H groups in total. The maximum Gasteiger partial charge on any atom is 0.219 e. The average molecular weight is 357 g/mol. The summed E-state index contributed by atoms with van der Waals surface area (Å²) in [6, 6.07) is 6.10. The van der Waals surface area contributed by atoms with Crippen molar-refractivity contribution in [3.05, 3.63) is 28.2 Å². The minimum atomic E-state index is 0.0456. The van der Waals surface area contributed by atoms with Crippen molar-refractivity contribution >= 4 is 21.8 Å². The second-order valence-electron chi connectivity index (χ2n) is 5.41. The van der Waals surface area contributed by atoms with Crippen LogP contribution in [0, 0.1) is 5.92 Å². The lowest BCUT2D eigenvalue weighted by Gasteiger charge is -2.11. The van der Waals surface area contributed by atoms with E-state index in [1.165, 1.54) is 5.56 Å². The summed E-state index contributed by atoms with van der Waals surface area (Å²) in [4.78, 5) is 11.1. The quantitative estimate of drug-likeness (QED) is 0.668. The summed E-state index contributed by atoms with van der Waals surface area (Å²) in [5, 5.41) is 6.01. The molecule has 5 heteroatoms.